The summed E-state index contributed by atoms with van der Waals surface area (Å²) in [4.78, 5) is 21.5. The van der Waals surface area contributed by atoms with E-state index < -0.39 is 5.91 Å². The standard InChI is InChI=1S/C25H31N5O2/c1-4-17-7-6-8-18(13-17)28-24-19-14-22(30-11-9-29(3)10-12-30)23(32-5-2)15-21(19)27-16-20(24)25(26)31/h6-8,13-16H,4-5,9-12H2,1-3H3,(H2,26,31)(H,27,28). The number of primary amides is 1. The molecule has 7 nitrogen and oxygen atoms in total. The number of fused-ring (bicyclic) bond motifs is 1. The number of pyridine rings is 1. The summed E-state index contributed by atoms with van der Waals surface area (Å²) in [5.74, 6) is 0.298. The summed E-state index contributed by atoms with van der Waals surface area (Å²) in [7, 11) is 2.14. The quantitative estimate of drug-likeness (QED) is 0.590. The third-order valence-corrected chi connectivity index (χ3v) is 5.96. The summed E-state index contributed by atoms with van der Waals surface area (Å²) in [5.41, 5.74) is 10.7. The molecule has 1 amide bonds. The van der Waals surface area contributed by atoms with E-state index in [1.165, 1.54) is 5.56 Å². The molecule has 2 heterocycles. The lowest BCUT2D eigenvalue weighted by Gasteiger charge is -2.35. The number of aryl methyl sites for hydroxylation is 1. The molecule has 0 saturated carbocycles. The van der Waals surface area contributed by atoms with Crippen LogP contribution >= 0.6 is 0 Å². The molecule has 2 aromatic carbocycles. The van der Waals surface area contributed by atoms with Gasteiger partial charge in [-0.1, -0.05) is 19.1 Å². The monoisotopic (exact) mass is 433 g/mol. The van der Waals surface area contributed by atoms with Crippen molar-refractivity contribution in [3.63, 3.8) is 0 Å². The average Bonchev–Trinajstić information content (AvgIpc) is 2.79. The number of carbonyl (C=O) groups excluding carboxylic acids is 1. The van der Waals surface area contributed by atoms with E-state index in [9.17, 15) is 4.79 Å². The van der Waals surface area contributed by atoms with Crippen LogP contribution in [0.15, 0.2) is 42.6 Å². The van der Waals surface area contributed by atoms with Gasteiger partial charge in [-0.15, -0.1) is 0 Å². The first-order valence-electron chi connectivity index (χ1n) is 11.2. The lowest BCUT2D eigenvalue weighted by Crippen LogP contribution is -2.44. The van der Waals surface area contributed by atoms with E-state index in [-0.39, 0.29) is 0 Å². The van der Waals surface area contributed by atoms with Gasteiger partial charge in [0.05, 0.1) is 29.1 Å². The van der Waals surface area contributed by atoms with Gasteiger partial charge in [0.1, 0.15) is 5.75 Å². The molecule has 7 heteroatoms. The van der Waals surface area contributed by atoms with Gasteiger partial charge in [0, 0.05) is 49.5 Å². The molecule has 1 aliphatic rings. The number of nitrogens with zero attached hydrogens (tertiary/aromatic N) is 3. The maximum Gasteiger partial charge on any atom is 0.252 e. The molecular formula is C25H31N5O2. The van der Waals surface area contributed by atoms with Crippen molar-refractivity contribution < 1.29 is 9.53 Å². The molecule has 0 atom stereocenters. The van der Waals surface area contributed by atoms with Gasteiger partial charge in [-0.05, 0) is 44.2 Å². The van der Waals surface area contributed by atoms with Crippen molar-refractivity contribution in [1.82, 2.24) is 9.88 Å². The fourth-order valence-electron chi connectivity index (χ4n) is 4.11. The Morgan fingerprint density at radius 3 is 2.62 bits per heavy atom. The summed E-state index contributed by atoms with van der Waals surface area (Å²) in [6, 6.07) is 12.2. The second-order valence-corrected chi connectivity index (χ2v) is 8.15. The SMILES string of the molecule is CCOc1cc2ncc(C(N)=O)c(Nc3cccc(CC)c3)c2cc1N1CCN(C)CC1. The van der Waals surface area contributed by atoms with Crippen LogP contribution in [0.2, 0.25) is 0 Å². The summed E-state index contributed by atoms with van der Waals surface area (Å²) in [6.07, 6.45) is 2.47. The van der Waals surface area contributed by atoms with Crippen molar-refractivity contribution in [2.24, 2.45) is 5.73 Å². The van der Waals surface area contributed by atoms with E-state index >= 15 is 0 Å². The number of piperazine rings is 1. The Kier molecular flexibility index (Phi) is 6.46. The van der Waals surface area contributed by atoms with Crippen LogP contribution in [0.4, 0.5) is 17.1 Å². The van der Waals surface area contributed by atoms with Crippen molar-refractivity contribution in [2.75, 3.05) is 50.1 Å². The number of rotatable bonds is 7. The lowest BCUT2D eigenvalue weighted by atomic mass is 10.1. The number of benzene rings is 2. The van der Waals surface area contributed by atoms with Crippen LogP contribution in [0.1, 0.15) is 29.8 Å². The highest BCUT2D eigenvalue weighted by Crippen LogP contribution is 2.38. The molecule has 4 rings (SSSR count). The van der Waals surface area contributed by atoms with Crippen molar-refractivity contribution in [1.29, 1.82) is 0 Å². The molecule has 32 heavy (non-hydrogen) atoms. The van der Waals surface area contributed by atoms with Crippen LogP contribution < -0.4 is 20.7 Å². The van der Waals surface area contributed by atoms with Gasteiger partial charge < -0.3 is 25.6 Å². The van der Waals surface area contributed by atoms with Gasteiger partial charge in [0.25, 0.3) is 5.91 Å². The number of carbonyl (C=O) groups is 1. The molecule has 0 radical (unpaired) electrons. The first-order valence-corrected chi connectivity index (χ1v) is 11.2. The normalized spacial score (nSPS) is 14.5. The molecule has 1 aliphatic heterocycles. The number of amides is 1. The molecule has 3 aromatic rings. The number of ether oxygens (including phenoxy) is 1. The third-order valence-electron chi connectivity index (χ3n) is 5.96. The van der Waals surface area contributed by atoms with Gasteiger partial charge in [0.15, 0.2) is 0 Å². The first kappa shape index (κ1) is 21.9. The van der Waals surface area contributed by atoms with E-state index in [0.717, 1.165) is 60.6 Å². The van der Waals surface area contributed by atoms with Crippen LogP contribution in [-0.2, 0) is 6.42 Å². The number of nitrogens with two attached hydrogens (primary N) is 1. The Balaban J connectivity index is 1.86. The van der Waals surface area contributed by atoms with Crippen molar-refractivity contribution >= 4 is 33.9 Å². The molecule has 1 saturated heterocycles. The average molecular weight is 434 g/mol. The van der Waals surface area contributed by atoms with E-state index in [1.54, 1.807) is 6.20 Å². The van der Waals surface area contributed by atoms with E-state index in [0.29, 0.717) is 17.9 Å². The maximum absolute atomic E-state index is 12.3. The van der Waals surface area contributed by atoms with Crippen LogP contribution in [0.5, 0.6) is 5.75 Å². The van der Waals surface area contributed by atoms with Gasteiger partial charge in [-0.3, -0.25) is 9.78 Å². The zero-order valence-electron chi connectivity index (χ0n) is 19.0. The molecule has 0 unspecified atom stereocenters. The Bertz CT molecular complexity index is 1120. The Hall–Kier alpha value is -3.32. The van der Waals surface area contributed by atoms with Crippen LogP contribution in [-0.4, -0.2) is 55.6 Å². The van der Waals surface area contributed by atoms with Gasteiger partial charge in [-0.2, -0.15) is 0 Å². The van der Waals surface area contributed by atoms with E-state index in [2.05, 4.69) is 52.3 Å². The zero-order chi connectivity index (χ0) is 22.7. The van der Waals surface area contributed by atoms with Crippen molar-refractivity contribution in [3.8, 4) is 5.75 Å². The molecule has 0 aliphatic carbocycles. The number of aromatic nitrogens is 1. The smallest absolute Gasteiger partial charge is 0.252 e. The molecule has 1 aromatic heterocycles. The fraction of sp³-hybridized carbons (Fsp3) is 0.360. The van der Waals surface area contributed by atoms with Gasteiger partial charge in [-0.25, -0.2) is 0 Å². The van der Waals surface area contributed by atoms with Gasteiger partial charge >= 0.3 is 0 Å². The van der Waals surface area contributed by atoms with Crippen LogP contribution in [0.3, 0.4) is 0 Å². The number of hydrogen-bond acceptors (Lipinski definition) is 6. The maximum atomic E-state index is 12.3. The Morgan fingerprint density at radius 1 is 1.16 bits per heavy atom. The second kappa shape index (κ2) is 9.44. The Morgan fingerprint density at radius 2 is 1.94 bits per heavy atom. The summed E-state index contributed by atoms with van der Waals surface area (Å²) in [6.45, 7) is 8.46. The predicted molar refractivity (Wildman–Crippen MR) is 130 cm³/mol. The van der Waals surface area contributed by atoms with Crippen molar-refractivity contribution in [3.05, 3.63) is 53.7 Å². The highest BCUT2D eigenvalue weighted by molar-refractivity contribution is 6.08. The minimum atomic E-state index is -0.511. The minimum absolute atomic E-state index is 0.368. The number of likely N-dealkylation sites (N-methyl/N-ethyl adjacent to an activating group) is 1. The van der Waals surface area contributed by atoms with Crippen molar-refractivity contribution in [2.45, 2.75) is 20.3 Å². The second-order valence-electron chi connectivity index (χ2n) is 8.15. The minimum Gasteiger partial charge on any atom is -0.492 e. The molecule has 0 bridgehead atoms. The fourth-order valence-corrected chi connectivity index (χ4v) is 4.11. The molecule has 0 spiro atoms. The topological polar surface area (TPSA) is 83.7 Å². The number of anilines is 3. The third kappa shape index (κ3) is 4.48. The van der Waals surface area contributed by atoms with Gasteiger partial charge in [0.2, 0.25) is 0 Å². The van der Waals surface area contributed by atoms with E-state index in [1.807, 2.05) is 25.1 Å². The molecule has 1 fully saturated rings. The number of hydrogen-bond donors (Lipinski definition) is 2. The summed E-state index contributed by atoms with van der Waals surface area (Å²) in [5, 5.41) is 4.30. The highest BCUT2D eigenvalue weighted by atomic mass is 16.5. The summed E-state index contributed by atoms with van der Waals surface area (Å²) < 4.78 is 5.98. The highest BCUT2D eigenvalue weighted by Gasteiger charge is 2.21. The molecular weight excluding hydrogens is 402 g/mol. The lowest BCUT2D eigenvalue weighted by molar-refractivity contribution is 0.100. The Labute approximate surface area is 189 Å². The molecule has 168 valence electrons. The zero-order valence-corrected chi connectivity index (χ0v) is 19.0. The van der Waals surface area contributed by atoms with E-state index in [4.69, 9.17) is 10.5 Å². The summed E-state index contributed by atoms with van der Waals surface area (Å²) >= 11 is 0. The largest absolute Gasteiger partial charge is 0.492 e. The predicted octanol–water partition coefficient (Wildman–Crippen LogP) is 3.79. The first-order chi connectivity index (χ1) is 15.5. The molecule has 3 N–H and O–H groups in total. The van der Waals surface area contributed by atoms with Crippen LogP contribution in [0, 0.1) is 0 Å². The van der Waals surface area contributed by atoms with Crippen LogP contribution in [0.25, 0.3) is 10.9 Å². The number of nitrogens with one attached hydrogen (secondary N) is 1.